The Labute approximate surface area is 213 Å². The van der Waals surface area contributed by atoms with E-state index in [-0.39, 0.29) is 18.2 Å². The van der Waals surface area contributed by atoms with Crippen LogP contribution in [0.1, 0.15) is 23.1 Å². The zero-order chi connectivity index (χ0) is 24.2. The van der Waals surface area contributed by atoms with Gasteiger partial charge in [-0.15, -0.1) is 0 Å². The molecule has 0 fully saturated rings. The molecule has 0 aliphatic carbocycles. The number of halogens is 1. The van der Waals surface area contributed by atoms with Crippen molar-refractivity contribution in [1.29, 1.82) is 0 Å². The van der Waals surface area contributed by atoms with Crippen LogP contribution in [0.5, 0.6) is 0 Å². The molecule has 0 saturated heterocycles. The van der Waals surface area contributed by atoms with Gasteiger partial charge < -0.3 is 5.32 Å². The van der Waals surface area contributed by atoms with Crippen LogP contribution >= 0.6 is 23.4 Å². The minimum absolute atomic E-state index is 0.00201. The summed E-state index contributed by atoms with van der Waals surface area (Å²) in [6.07, 6.45) is 0.734. The first kappa shape index (κ1) is 23.3. The fraction of sp³-hybridized carbons (Fsp3) is 0.185. The molecule has 2 aliphatic rings. The number of carbonyl (C=O) groups excluding carboxylic acids is 2. The molecule has 0 saturated carbocycles. The van der Waals surface area contributed by atoms with Crippen molar-refractivity contribution >= 4 is 51.9 Å². The van der Waals surface area contributed by atoms with Crippen LogP contribution in [-0.2, 0) is 21.8 Å². The van der Waals surface area contributed by atoms with Gasteiger partial charge in [-0.2, -0.15) is 0 Å². The first-order valence-corrected chi connectivity index (χ1v) is 12.7. The summed E-state index contributed by atoms with van der Waals surface area (Å²) in [7, 11) is 0. The second-order valence-corrected chi connectivity index (χ2v) is 9.64. The number of rotatable bonds is 7. The van der Waals surface area contributed by atoms with Crippen molar-refractivity contribution in [3.63, 3.8) is 0 Å². The van der Waals surface area contributed by atoms with Gasteiger partial charge in [-0.25, -0.2) is 9.89 Å². The van der Waals surface area contributed by atoms with Crippen LogP contribution in [0.4, 0.5) is 5.69 Å². The van der Waals surface area contributed by atoms with Crippen LogP contribution in [0.15, 0.2) is 88.8 Å². The van der Waals surface area contributed by atoms with Gasteiger partial charge in [0.1, 0.15) is 11.9 Å². The van der Waals surface area contributed by atoms with E-state index in [0.29, 0.717) is 28.3 Å². The van der Waals surface area contributed by atoms with E-state index in [1.807, 2.05) is 78.9 Å². The third-order valence-corrected chi connectivity index (χ3v) is 7.01. The highest BCUT2D eigenvalue weighted by Crippen LogP contribution is 2.35. The minimum Gasteiger partial charge on any atom is -0.356 e. The number of nitrogens with zero attached hydrogens (tertiary/aromatic N) is 3. The standard InChI is InChI=1S/C27H23ClN4O2S/c28-20-10-6-9-19(15-20)17-35-27-31-22-12-5-4-11-21(22)25-30-23(26(34)32(25)27)16-24(33)29-14-13-18-7-2-1-3-8-18/h1-12,15,23H,13-14,16-17H2,(H,29,33)/t23-/m1/s1. The predicted molar refractivity (Wildman–Crippen MR) is 141 cm³/mol. The average molecular weight is 503 g/mol. The maximum Gasteiger partial charge on any atom is 0.259 e. The molecule has 0 bridgehead atoms. The highest BCUT2D eigenvalue weighted by atomic mass is 35.5. The van der Waals surface area contributed by atoms with Crippen molar-refractivity contribution in [3.8, 4) is 0 Å². The Morgan fingerprint density at radius 1 is 1.00 bits per heavy atom. The van der Waals surface area contributed by atoms with E-state index in [1.54, 1.807) is 4.90 Å². The van der Waals surface area contributed by atoms with E-state index in [2.05, 4.69) is 10.3 Å². The number of hydrogen-bond donors (Lipinski definition) is 1. The second kappa shape index (κ2) is 10.5. The van der Waals surface area contributed by atoms with Crippen molar-refractivity contribution < 1.29 is 9.59 Å². The fourth-order valence-corrected chi connectivity index (χ4v) is 5.20. The Bertz CT molecular complexity index is 1330. The SMILES string of the molecule is O=C(C[C@H]1N=C2c3ccccc3N=C(SCc3cccc(Cl)c3)N2C1=O)NCCc1ccccc1. The van der Waals surface area contributed by atoms with E-state index >= 15 is 0 Å². The van der Waals surface area contributed by atoms with Gasteiger partial charge in [-0.05, 0) is 41.8 Å². The molecule has 3 aromatic rings. The molecule has 0 unspecified atom stereocenters. The number of benzene rings is 3. The molecule has 8 heteroatoms. The molecule has 2 aliphatic heterocycles. The summed E-state index contributed by atoms with van der Waals surface area (Å²) < 4.78 is 0. The lowest BCUT2D eigenvalue weighted by atomic mass is 10.1. The number of carbonyl (C=O) groups is 2. The quantitative estimate of drug-likeness (QED) is 0.495. The summed E-state index contributed by atoms with van der Waals surface area (Å²) in [6, 6.07) is 24.4. The van der Waals surface area contributed by atoms with Crippen molar-refractivity contribution in [3.05, 3.63) is 101 Å². The highest BCUT2D eigenvalue weighted by molar-refractivity contribution is 8.13. The number of hydrogen-bond acceptors (Lipinski definition) is 5. The number of aliphatic imine (C=N–C) groups is 2. The zero-order valence-electron chi connectivity index (χ0n) is 18.9. The van der Waals surface area contributed by atoms with Gasteiger partial charge in [0.05, 0.1) is 12.1 Å². The van der Waals surface area contributed by atoms with Gasteiger partial charge >= 0.3 is 0 Å². The first-order valence-electron chi connectivity index (χ1n) is 11.4. The Hall–Kier alpha value is -3.42. The second-order valence-electron chi connectivity index (χ2n) is 8.26. The molecule has 0 spiro atoms. The Morgan fingerprint density at radius 2 is 1.77 bits per heavy atom. The highest BCUT2D eigenvalue weighted by Gasteiger charge is 2.42. The van der Waals surface area contributed by atoms with Crippen molar-refractivity contribution in [2.24, 2.45) is 9.98 Å². The molecule has 3 aromatic carbocycles. The van der Waals surface area contributed by atoms with Crippen molar-refractivity contribution in [2.75, 3.05) is 6.54 Å². The number of fused-ring (bicyclic) bond motifs is 3. The van der Waals surface area contributed by atoms with Crippen LogP contribution in [0.25, 0.3) is 0 Å². The number of amidine groups is 2. The maximum absolute atomic E-state index is 13.4. The van der Waals surface area contributed by atoms with Crippen LogP contribution in [-0.4, -0.2) is 40.3 Å². The van der Waals surface area contributed by atoms with E-state index in [9.17, 15) is 9.59 Å². The Kier molecular flexibility index (Phi) is 6.97. The summed E-state index contributed by atoms with van der Waals surface area (Å²) in [6.45, 7) is 0.509. The van der Waals surface area contributed by atoms with E-state index in [4.69, 9.17) is 16.6 Å². The molecule has 35 heavy (non-hydrogen) atoms. The van der Waals surface area contributed by atoms with E-state index in [0.717, 1.165) is 28.8 Å². The predicted octanol–water partition coefficient (Wildman–Crippen LogP) is 4.98. The molecule has 0 radical (unpaired) electrons. The number of para-hydroxylation sites is 1. The van der Waals surface area contributed by atoms with Crippen molar-refractivity contribution in [2.45, 2.75) is 24.6 Å². The third-order valence-electron chi connectivity index (χ3n) is 5.76. The normalized spacial score (nSPS) is 16.3. The van der Waals surface area contributed by atoms with Gasteiger partial charge in [0.25, 0.3) is 5.91 Å². The van der Waals surface area contributed by atoms with Crippen LogP contribution in [0.2, 0.25) is 5.02 Å². The summed E-state index contributed by atoms with van der Waals surface area (Å²) in [5.41, 5.74) is 3.73. The van der Waals surface area contributed by atoms with Crippen molar-refractivity contribution in [1.82, 2.24) is 10.2 Å². The Morgan fingerprint density at radius 3 is 2.60 bits per heavy atom. The third kappa shape index (κ3) is 5.31. The number of amides is 2. The van der Waals surface area contributed by atoms with E-state index in [1.165, 1.54) is 11.8 Å². The van der Waals surface area contributed by atoms with Crippen LogP contribution < -0.4 is 5.32 Å². The smallest absolute Gasteiger partial charge is 0.259 e. The van der Waals surface area contributed by atoms with Gasteiger partial charge in [-0.1, -0.05) is 78.0 Å². The summed E-state index contributed by atoms with van der Waals surface area (Å²) >= 11 is 7.57. The lowest BCUT2D eigenvalue weighted by molar-refractivity contribution is -0.128. The summed E-state index contributed by atoms with van der Waals surface area (Å²) in [5.74, 6) is 0.728. The number of thioether (sulfide) groups is 1. The van der Waals surface area contributed by atoms with Gasteiger partial charge in [0.2, 0.25) is 5.91 Å². The molecule has 5 rings (SSSR count). The maximum atomic E-state index is 13.4. The molecular weight excluding hydrogens is 480 g/mol. The molecule has 176 valence electrons. The largest absolute Gasteiger partial charge is 0.356 e. The molecule has 0 aromatic heterocycles. The fourth-order valence-electron chi connectivity index (χ4n) is 4.05. The average Bonchev–Trinajstić information content (AvgIpc) is 3.19. The van der Waals surface area contributed by atoms with E-state index < -0.39 is 6.04 Å². The lowest BCUT2D eigenvalue weighted by Crippen LogP contribution is -2.42. The molecule has 6 nitrogen and oxygen atoms in total. The van der Waals surface area contributed by atoms with Crippen LogP contribution in [0.3, 0.4) is 0 Å². The van der Waals surface area contributed by atoms with Gasteiger partial charge in [0.15, 0.2) is 5.17 Å². The minimum atomic E-state index is -0.773. The Balaban J connectivity index is 1.29. The topological polar surface area (TPSA) is 74.1 Å². The van der Waals surface area contributed by atoms with Gasteiger partial charge in [-0.3, -0.25) is 14.6 Å². The molecular formula is C27H23ClN4O2S. The first-order chi connectivity index (χ1) is 17.1. The van der Waals surface area contributed by atoms with Gasteiger partial charge in [0, 0.05) is 22.9 Å². The lowest BCUT2D eigenvalue weighted by Gasteiger charge is -2.25. The molecule has 2 heterocycles. The monoisotopic (exact) mass is 502 g/mol. The molecule has 1 N–H and O–H groups in total. The summed E-state index contributed by atoms with van der Waals surface area (Å²) in [5, 5.41) is 4.13. The molecule has 2 amide bonds. The van der Waals surface area contributed by atoms with Crippen LogP contribution in [0, 0.1) is 0 Å². The summed E-state index contributed by atoms with van der Waals surface area (Å²) in [4.78, 5) is 37.0. The number of nitrogens with one attached hydrogen (secondary N) is 1. The zero-order valence-corrected chi connectivity index (χ0v) is 20.4. The molecule has 1 atom stereocenters.